The van der Waals surface area contributed by atoms with Crippen LogP contribution >= 0.6 is 0 Å². The lowest BCUT2D eigenvalue weighted by molar-refractivity contribution is 1.30. The molecule has 0 unspecified atom stereocenters. The van der Waals surface area contributed by atoms with Gasteiger partial charge in [0.25, 0.3) is 0 Å². The van der Waals surface area contributed by atoms with Crippen LogP contribution in [0.2, 0.25) is 0 Å². The van der Waals surface area contributed by atoms with Crippen molar-refractivity contribution in [2.45, 2.75) is 0 Å². The van der Waals surface area contributed by atoms with Crippen LogP contribution < -0.4 is 5.32 Å². The van der Waals surface area contributed by atoms with Crippen molar-refractivity contribution in [1.29, 1.82) is 0 Å². The maximum absolute atomic E-state index is 5.47. The van der Waals surface area contributed by atoms with Gasteiger partial charge in [0.05, 0.1) is 33.6 Å². The molecule has 0 bridgehead atoms. The zero-order chi connectivity index (χ0) is 31.3. The van der Waals surface area contributed by atoms with Crippen LogP contribution in [0.15, 0.2) is 134 Å². The molecular weight excluding hydrogens is 585 g/mol. The van der Waals surface area contributed by atoms with Crippen LogP contribution in [0.4, 0.5) is 5.69 Å². The first-order valence-corrected chi connectivity index (χ1v) is 16.4. The number of fused-ring (bicyclic) bond motifs is 10. The Labute approximate surface area is 276 Å². The summed E-state index contributed by atoms with van der Waals surface area (Å²) < 4.78 is 0. The monoisotopic (exact) mass is 610 g/mol. The molecule has 11 rings (SSSR count). The Morgan fingerprint density at radius 1 is 0.479 bits per heavy atom. The summed E-state index contributed by atoms with van der Waals surface area (Å²) in [5.41, 5.74) is 14.3. The maximum Gasteiger partial charge on any atom is 0.0972 e. The van der Waals surface area contributed by atoms with E-state index in [1.165, 1.54) is 44.0 Å². The smallest absolute Gasteiger partial charge is 0.0972 e. The lowest BCUT2D eigenvalue weighted by atomic mass is 9.84. The Balaban J connectivity index is 1.30. The highest BCUT2D eigenvalue weighted by atomic mass is 14.9. The molecule has 4 heterocycles. The maximum atomic E-state index is 5.47. The minimum absolute atomic E-state index is 0.798. The highest BCUT2D eigenvalue weighted by Crippen LogP contribution is 2.57. The van der Waals surface area contributed by atoms with E-state index < -0.39 is 0 Å². The molecule has 0 saturated carbocycles. The molecule has 2 aliphatic rings. The van der Waals surface area contributed by atoms with Crippen LogP contribution in [0.25, 0.3) is 105 Å². The molecule has 4 nitrogen and oxygen atoms in total. The van der Waals surface area contributed by atoms with Crippen molar-refractivity contribution in [2.75, 3.05) is 11.9 Å². The second-order valence-corrected chi connectivity index (χ2v) is 12.7. The standard InChI is InChI=1S/C44H26N4/c1-2-12-31-30(11-1)37(34-21-19-28-17-15-26-9-5-23-45-41(26)43(28)47-34)39-32-13-3-7-25-8-4-14-33(36(25)32)40(39)38(31)35-22-20-29-18-16-27-10-6-24-46-42(27)44(29)48-35/h1-23,46H,24H2. The Morgan fingerprint density at radius 2 is 1.08 bits per heavy atom. The predicted octanol–water partition coefficient (Wildman–Crippen LogP) is 11.1. The van der Waals surface area contributed by atoms with Crippen molar-refractivity contribution < 1.29 is 0 Å². The van der Waals surface area contributed by atoms with Gasteiger partial charge in [-0.05, 0) is 56.4 Å². The number of nitrogens with one attached hydrogen (secondary N) is 1. The van der Waals surface area contributed by atoms with E-state index in [0.717, 1.165) is 72.8 Å². The Bertz CT molecular complexity index is 2900. The van der Waals surface area contributed by atoms with E-state index in [1.54, 1.807) is 0 Å². The SMILES string of the molecule is C1=Cc2ccc3ccc(-c4c5c(c(-c6ccc7ccc8cccnc8c7n6)c6ccccc46)-c4cccc6cccc-5c46)nc3c2NC1. The molecule has 9 aromatic rings. The lowest BCUT2D eigenvalue weighted by Gasteiger charge is -2.21. The first kappa shape index (κ1) is 25.8. The molecule has 0 radical (unpaired) electrons. The summed E-state index contributed by atoms with van der Waals surface area (Å²) in [5, 5.41) is 11.7. The Morgan fingerprint density at radius 3 is 1.81 bits per heavy atom. The van der Waals surface area contributed by atoms with Crippen molar-refractivity contribution in [3.05, 3.63) is 139 Å². The van der Waals surface area contributed by atoms with Gasteiger partial charge in [0.15, 0.2) is 0 Å². The van der Waals surface area contributed by atoms with Gasteiger partial charge in [-0.25, -0.2) is 9.97 Å². The van der Waals surface area contributed by atoms with Gasteiger partial charge in [0.1, 0.15) is 0 Å². The Hall–Kier alpha value is -6.39. The fraction of sp³-hybridized carbons (Fsp3) is 0.0227. The van der Waals surface area contributed by atoms with Gasteiger partial charge in [0.2, 0.25) is 0 Å². The zero-order valence-electron chi connectivity index (χ0n) is 25.8. The van der Waals surface area contributed by atoms with Gasteiger partial charge in [-0.3, -0.25) is 4.98 Å². The largest absolute Gasteiger partial charge is 0.379 e. The van der Waals surface area contributed by atoms with Crippen LogP contribution in [0.1, 0.15) is 5.56 Å². The summed E-state index contributed by atoms with van der Waals surface area (Å²) >= 11 is 0. The van der Waals surface area contributed by atoms with E-state index in [4.69, 9.17) is 15.0 Å². The lowest BCUT2D eigenvalue weighted by Crippen LogP contribution is -2.06. The van der Waals surface area contributed by atoms with Crippen molar-refractivity contribution >= 4 is 66.0 Å². The summed E-state index contributed by atoms with van der Waals surface area (Å²) in [7, 11) is 0. The Kier molecular flexibility index (Phi) is 5.13. The molecule has 1 aliphatic heterocycles. The normalized spacial score (nSPS) is 13.0. The van der Waals surface area contributed by atoms with Crippen molar-refractivity contribution in [2.24, 2.45) is 0 Å². The zero-order valence-corrected chi connectivity index (χ0v) is 25.8. The third-order valence-electron chi connectivity index (χ3n) is 10.2. The molecule has 1 N–H and O–H groups in total. The third-order valence-corrected chi connectivity index (χ3v) is 10.2. The molecule has 0 fully saturated rings. The number of pyridine rings is 3. The highest BCUT2D eigenvalue weighted by Gasteiger charge is 2.31. The number of aromatic nitrogens is 3. The topological polar surface area (TPSA) is 50.7 Å². The van der Waals surface area contributed by atoms with Gasteiger partial charge in [-0.15, -0.1) is 0 Å². The van der Waals surface area contributed by atoms with Gasteiger partial charge in [-0.1, -0.05) is 115 Å². The fourth-order valence-electron chi connectivity index (χ4n) is 8.14. The number of rotatable bonds is 2. The molecule has 1 aliphatic carbocycles. The highest BCUT2D eigenvalue weighted by molar-refractivity contribution is 6.27. The molecule has 3 aromatic heterocycles. The van der Waals surface area contributed by atoms with Gasteiger partial charge in [0, 0.05) is 51.2 Å². The molecule has 6 aromatic carbocycles. The van der Waals surface area contributed by atoms with Gasteiger partial charge >= 0.3 is 0 Å². The molecular formula is C44H26N4. The van der Waals surface area contributed by atoms with Crippen LogP contribution in [-0.2, 0) is 0 Å². The number of hydrogen-bond acceptors (Lipinski definition) is 4. The summed E-state index contributed by atoms with van der Waals surface area (Å²) in [6.45, 7) is 0.798. The van der Waals surface area contributed by atoms with Crippen molar-refractivity contribution in [3.8, 4) is 44.8 Å². The first-order valence-electron chi connectivity index (χ1n) is 16.4. The molecule has 0 amide bonds. The van der Waals surface area contributed by atoms with Crippen LogP contribution in [0.3, 0.4) is 0 Å². The van der Waals surface area contributed by atoms with E-state index in [9.17, 15) is 0 Å². The minimum atomic E-state index is 0.798. The van der Waals surface area contributed by atoms with Crippen LogP contribution in [-0.4, -0.2) is 21.5 Å². The van der Waals surface area contributed by atoms with Crippen LogP contribution in [0, 0.1) is 0 Å². The quantitative estimate of drug-likeness (QED) is 0.198. The second-order valence-electron chi connectivity index (χ2n) is 12.7. The molecule has 222 valence electrons. The summed E-state index contributed by atoms with van der Waals surface area (Å²) in [4.78, 5) is 15.7. The number of benzene rings is 6. The average Bonchev–Trinajstić information content (AvgIpc) is 3.48. The first-order chi connectivity index (χ1) is 23.8. The molecule has 0 saturated heterocycles. The van der Waals surface area contributed by atoms with E-state index in [1.807, 2.05) is 12.3 Å². The average molecular weight is 611 g/mol. The van der Waals surface area contributed by atoms with Gasteiger partial charge < -0.3 is 5.32 Å². The van der Waals surface area contributed by atoms with E-state index in [-0.39, 0.29) is 0 Å². The summed E-state index contributed by atoms with van der Waals surface area (Å²) in [5.74, 6) is 0. The van der Waals surface area contributed by atoms with E-state index >= 15 is 0 Å². The van der Waals surface area contributed by atoms with E-state index in [0.29, 0.717) is 0 Å². The second kappa shape index (κ2) is 9.57. The fourth-order valence-corrected chi connectivity index (χ4v) is 8.14. The minimum Gasteiger partial charge on any atom is -0.379 e. The molecule has 48 heavy (non-hydrogen) atoms. The van der Waals surface area contributed by atoms with Crippen LogP contribution in [0.5, 0.6) is 0 Å². The van der Waals surface area contributed by atoms with Crippen molar-refractivity contribution in [3.63, 3.8) is 0 Å². The molecule has 4 heteroatoms. The van der Waals surface area contributed by atoms with E-state index in [2.05, 4.69) is 133 Å². The number of hydrogen-bond donors (Lipinski definition) is 1. The summed E-state index contributed by atoms with van der Waals surface area (Å²) in [6, 6.07) is 43.7. The third kappa shape index (κ3) is 3.46. The molecule has 0 spiro atoms. The number of nitrogens with zero attached hydrogens (tertiary/aromatic N) is 3. The summed E-state index contributed by atoms with van der Waals surface area (Å²) in [6.07, 6.45) is 6.21. The van der Waals surface area contributed by atoms with Crippen molar-refractivity contribution in [1.82, 2.24) is 15.0 Å². The number of anilines is 1. The molecule has 0 atom stereocenters. The van der Waals surface area contributed by atoms with Gasteiger partial charge in [-0.2, -0.15) is 0 Å². The predicted molar refractivity (Wildman–Crippen MR) is 200 cm³/mol.